The Hall–Kier alpha value is -2.97. The lowest BCUT2D eigenvalue weighted by Crippen LogP contribution is -2.24. The minimum Gasteiger partial charge on any atom is -0.508 e. The van der Waals surface area contributed by atoms with Gasteiger partial charge in [-0.1, -0.05) is 13.0 Å². The van der Waals surface area contributed by atoms with Crippen molar-refractivity contribution in [3.8, 4) is 16.5 Å². The highest BCUT2D eigenvalue weighted by Gasteiger charge is 2.16. The molecule has 144 valence electrons. The average molecular weight is 397 g/mol. The standard InChI is InChI=1S/C20H19N3O4S/c1-2-7-23(12-18-21-22-20(27-18)17-4-3-8-28-17)11-13-9-19(25)26-16-10-14(24)5-6-15(13)16/h3-6,8-10,24H,2,7,11-12H2,1H3. The fraction of sp³-hybridized carbons (Fsp3) is 0.250. The van der Waals surface area contributed by atoms with E-state index in [2.05, 4.69) is 22.0 Å². The normalized spacial score (nSPS) is 11.5. The molecule has 7 nitrogen and oxygen atoms in total. The molecule has 0 fully saturated rings. The topological polar surface area (TPSA) is 92.6 Å². The molecule has 1 aromatic carbocycles. The minimum absolute atomic E-state index is 0.0604. The summed E-state index contributed by atoms with van der Waals surface area (Å²) in [5, 5.41) is 20.7. The maximum atomic E-state index is 11.9. The fourth-order valence-electron chi connectivity index (χ4n) is 3.13. The van der Waals surface area contributed by atoms with E-state index in [0.717, 1.165) is 28.8 Å². The highest BCUT2D eigenvalue weighted by Crippen LogP contribution is 2.25. The highest BCUT2D eigenvalue weighted by atomic mass is 32.1. The zero-order chi connectivity index (χ0) is 19.5. The molecular formula is C20H19N3O4S. The molecule has 0 aliphatic heterocycles. The minimum atomic E-state index is -0.442. The number of phenols is 1. The number of aromatic hydroxyl groups is 1. The average Bonchev–Trinajstić information content (AvgIpc) is 3.32. The van der Waals surface area contributed by atoms with Crippen molar-refractivity contribution in [3.05, 3.63) is 63.7 Å². The molecule has 0 radical (unpaired) electrons. The van der Waals surface area contributed by atoms with Crippen molar-refractivity contribution in [1.82, 2.24) is 15.1 Å². The van der Waals surface area contributed by atoms with E-state index in [1.807, 2.05) is 17.5 Å². The molecule has 8 heteroatoms. The van der Waals surface area contributed by atoms with Crippen LogP contribution in [0, 0.1) is 0 Å². The van der Waals surface area contributed by atoms with Gasteiger partial charge in [0.1, 0.15) is 11.3 Å². The quantitative estimate of drug-likeness (QED) is 0.471. The van der Waals surface area contributed by atoms with Gasteiger partial charge in [-0.3, -0.25) is 4.90 Å². The lowest BCUT2D eigenvalue weighted by atomic mass is 10.1. The molecule has 0 aliphatic rings. The van der Waals surface area contributed by atoms with Gasteiger partial charge in [-0.25, -0.2) is 4.79 Å². The molecule has 1 N–H and O–H groups in total. The predicted octanol–water partition coefficient (Wildman–Crippen LogP) is 4.02. The molecule has 3 aromatic heterocycles. The monoisotopic (exact) mass is 397 g/mol. The van der Waals surface area contributed by atoms with Crippen molar-refractivity contribution in [3.63, 3.8) is 0 Å². The van der Waals surface area contributed by atoms with E-state index in [0.29, 0.717) is 30.5 Å². The molecule has 3 heterocycles. The van der Waals surface area contributed by atoms with E-state index in [-0.39, 0.29) is 5.75 Å². The number of fused-ring (bicyclic) bond motifs is 1. The Morgan fingerprint density at radius 2 is 2.04 bits per heavy atom. The first-order valence-corrected chi connectivity index (χ1v) is 9.84. The SMILES string of the molecule is CCCN(Cc1nnc(-c2cccs2)o1)Cc1cc(=O)oc2cc(O)ccc12. The van der Waals surface area contributed by atoms with Gasteiger partial charge in [0.25, 0.3) is 5.89 Å². The first kappa shape index (κ1) is 18.4. The van der Waals surface area contributed by atoms with E-state index >= 15 is 0 Å². The molecule has 0 amide bonds. The predicted molar refractivity (Wildman–Crippen MR) is 106 cm³/mol. The van der Waals surface area contributed by atoms with Crippen LogP contribution in [-0.2, 0) is 13.1 Å². The van der Waals surface area contributed by atoms with E-state index in [4.69, 9.17) is 8.83 Å². The van der Waals surface area contributed by atoms with Crippen LogP contribution >= 0.6 is 11.3 Å². The van der Waals surface area contributed by atoms with Crippen LogP contribution in [0.4, 0.5) is 0 Å². The van der Waals surface area contributed by atoms with Gasteiger partial charge < -0.3 is 13.9 Å². The molecule has 4 rings (SSSR count). The number of nitrogens with zero attached hydrogens (tertiary/aromatic N) is 3. The lowest BCUT2D eigenvalue weighted by molar-refractivity contribution is 0.232. The molecule has 0 bridgehead atoms. The molecule has 28 heavy (non-hydrogen) atoms. The second kappa shape index (κ2) is 7.95. The van der Waals surface area contributed by atoms with Gasteiger partial charge in [-0.15, -0.1) is 21.5 Å². The van der Waals surface area contributed by atoms with Crippen LogP contribution < -0.4 is 5.63 Å². The van der Waals surface area contributed by atoms with Gasteiger partial charge in [0.15, 0.2) is 0 Å². The van der Waals surface area contributed by atoms with Crippen LogP contribution in [0.5, 0.6) is 5.75 Å². The maximum absolute atomic E-state index is 11.9. The Bertz CT molecular complexity index is 1130. The summed E-state index contributed by atoms with van der Waals surface area (Å²) >= 11 is 1.55. The van der Waals surface area contributed by atoms with Crippen molar-refractivity contribution in [1.29, 1.82) is 0 Å². The molecule has 0 saturated heterocycles. The van der Waals surface area contributed by atoms with Crippen molar-refractivity contribution < 1.29 is 13.9 Å². The van der Waals surface area contributed by atoms with Crippen LogP contribution in [0.3, 0.4) is 0 Å². The van der Waals surface area contributed by atoms with E-state index in [1.165, 1.54) is 12.1 Å². The first-order valence-electron chi connectivity index (χ1n) is 8.96. The third-order valence-corrected chi connectivity index (χ3v) is 5.16. The van der Waals surface area contributed by atoms with Gasteiger partial charge in [-0.2, -0.15) is 0 Å². The van der Waals surface area contributed by atoms with Crippen LogP contribution in [-0.4, -0.2) is 26.7 Å². The summed E-state index contributed by atoms with van der Waals surface area (Å²) in [6, 6.07) is 10.2. The highest BCUT2D eigenvalue weighted by molar-refractivity contribution is 7.13. The van der Waals surface area contributed by atoms with Crippen LogP contribution in [0.15, 0.2) is 55.4 Å². The third kappa shape index (κ3) is 3.97. The molecule has 0 atom stereocenters. The molecule has 0 saturated carbocycles. The molecule has 0 spiro atoms. The van der Waals surface area contributed by atoms with E-state index in [1.54, 1.807) is 23.5 Å². The molecule has 0 unspecified atom stereocenters. The van der Waals surface area contributed by atoms with Crippen LogP contribution in [0.1, 0.15) is 24.8 Å². The second-order valence-corrected chi connectivity index (χ2v) is 7.41. The lowest BCUT2D eigenvalue weighted by Gasteiger charge is -2.20. The summed E-state index contributed by atoms with van der Waals surface area (Å²) in [5.74, 6) is 1.11. The Morgan fingerprint density at radius 3 is 2.82 bits per heavy atom. The number of thiophene rings is 1. The van der Waals surface area contributed by atoms with Crippen LogP contribution in [0.25, 0.3) is 21.7 Å². The number of benzene rings is 1. The van der Waals surface area contributed by atoms with Crippen molar-refractivity contribution in [2.45, 2.75) is 26.4 Å². The number of rotatable bonds is 7. The van der Waals surface area contributed by atoms with Gasteiger partial charge in [-0.05, 0) is 42.1 Å². The Morgan fingerprint density at radius 1 is 1.14 bits per heavy atom. The smallest absolute Gasteiger partial charge is 0.336 e. The number of hydrogen-bond donors (Lipinski definition) is 1. The van der Waals surface area contributed by atoms with Gasteiger partial charge in [0.2, 0.25) is 5.89 Å². The number of aromatic nitrogens is 2. The van der Waals surface area contributed by atoms with E-state index < -0.39 is 5.63 Å². The Labute approximate surface area is 164 Å². The zero-order valence-corrected chi connectivity index (χ0v) is 16.1. The van der Waals surface area contributed by atoms with Gasteiger partial charge >= 0.3 is 5.63 Å². The second-order valence-electron chi connectivity index (χ2n) is 6.46. The summed E-state index contributed by atoms with van der Waals surface area (Å²) < 4.78 is 11.0. The van der Waals surface area contributed by atoms with E-state index in [9.17, 15) is 9.90 Å². The fourth-order valence-corrected chi connectivity index (χ4v) is 3.77. The van der Waals surface area contributed by atoms with Crippen molar-refractivity contribution in [2.24, 2.45) is 0 Å². The third-order valence-electron chi connectivity index (χ3n) is 4.31. The molecular weight excluding hydrogens is 378 g/mol. The summed E-state index contributed by atoms with van der Waals surface area (Å²) in [4.78, 5) is 15.0. The summed E-state index contributed by atoms with van der Waals surface area (Å²) in [6.07, 6.45) is 0.937. The summed E-state index contributed by atoms with van der Waals surface area (Å²) in [7, 11) is 0. The van der Waals surface area contributed by atoms with Crippen molar-refractivity contribution >= 4 is 22.3 Å². The largest absolute Gasteiger partial charge is 0.508 e. The first-order chi connectivity index (χ1) is 13.6. The number of phenolic OH excluding ortho intramolecular Hbond substituents is 1. The summed E-state index contributed by atoms with van der Waals surface area (Å²) in [5.41, 5.74) is 0.761. The zero-order valence-electron chi connectivity index (χ0n) is 15.3. The van der Waals surface area contributed by atoms with Gasteiger partial charge in [0, 0.05) is 24.1 Å². The number of hydrogen-bond acceptors (Lipinski definition) is 8. The maximum Gasteiger partial charge on any atom is 0.336 e. The Balaban J connectivity index is 1.59. The van der Waals surface area contributed by atoms with Crippen molar-refractivity contribution in [2.75, 3.05) is 6.54 Å². The van der Waals surface area contributed by atoms with Gasteiger partial charge in [0.05, 0.1) is 11.4 Å². The van der Waals surface area contributed by atoms with Crippen LogP contribution in [0.2, 0.25) is 0 Å². The molecule has 0 aliphatic carbocycles. The Kier molecular flexibility index (Phi) is 5.23. The summed E-state index contributed by atoms with van der Waals surface area (Å²) in [6.45, 7) is 3.90. The molecule has 4 aromatic rings.